The molecule has 0 spiro atoms. The molecule has 2 aliphatic carbocycles. The van der Waals surface area contributed by atoms with E-state index in [1.54, 1.807) is 0 Å². The highest BCUT2D eigenvalue weighted by atomic mass is 35.5. The Kier molecular flexibility index (Phi) is 2.69. The molecule has 1 heterocycles. The summed E-state index contributed by atoms with van der Waals surface area (Å²) in [6, 6.07) is 0. The van der Waals surface area contributed by atoms with E-state index in [1.807, 2.05) is 0 Å². The fraction of sp³-hybridized carbons (Fsp3) is 0.583. The molecule has 102 valence electrons. The van der Waals surface area contributed by atoms with Gasteiger partial charge in [-0.05, 0) is 43.7 Å². The quantitative estimate of drug-likeness (QED) is 0.731. The van der Waals surface area contributed by atoms with Crippen LogP contribution in [-0.2, 0) is 0 Å². The molecule has 0 atom stereocenters. The molecule has 2 aliphatic rings. The van der Waals surface area contributed by atoms with Crippen LogP contribution in [0, 0.1) is 0 Å². The first-order valence-electron chi connectivity index (χ1n) is 6.18. The molecule has 2 saturated carbocycles. The van der Waals surface area contributed by atoms with Crippen molar-refractivity contribution in [1.82, 2.24) is 9.97 Å². The van der Waals surface area contributed by atoms with Crippen LogP contribution in [0.25, 0.3) is 0 Å². The third-order valence-electron chi connectivity index (χ3n) is 4.18. The molecule has 2 fully saturated rings. The van der Waals surface area contributed by atoms with Crippen molar-refractivity contribution in [1.29, 1.82) is 0 Å². The zero-order valence-corrected chi connectivity index (χ0v) is 10.9. The minimum Gasteiger partial charge on any atom is -0.477 e. The number of aromatic carboxylic acids is 1. The van der Waals surface area contributed by atoms with Gasteiger partial charge in [-0.15, -0.1) is 0 Å². The second-order valence-corrected chi connectivity index (χ2v) is 5.85. The van der Waals surface area contributed by atoms with Gasteiger partial charge in [-0.1, -0.05) is 0 Å². The SMILES string of the molecule is O=C(O)c1cnc(Cl)nc1NC12CCC(O)(CC1)C2. The zero-order valence-electron chi connectivity index (χ0n) is 10.2. The summed E-state index contributed by atoms with van der Waals surface area (Å²) < 4.78 is 0. The van der Waals surface area contributed by atoms with Gasteiger partial charge >= 0.3 is 5.97 Å². The molecule has 6 nitrogen and oxygen atoms in total. The Bertz CT molecular complexity index is 541. The first kappa shape index (κ1) is 12.6. The number of rotatable bonds is 3. The van der Waals surface area contributed by atoms with Gasteiger partial charge in [-0.3, -0.25) is 0 Å². The summed E-state index contributed by atoms with van der Waals surface area (Å²) in [5, 5.41) is 22.5. The average Bonchev–Trinajstić information content (AvgIpc) is 2.82. The van der Waals surface area contributed by atoms with Crippen LogP contribution in [0.3, 0.4) is 0 Å². The van der Waals surface area contributed by atoms with Gasteiger partial charge in [0.1, 0.15) is 11.4 Å². The van der Waals surface area contributed by atoms with E-state index in [1.165, 1.54) is 6.20 Å². The van der Waals surface area contributed by atoms with Gasteiger partial charge in [0.2, 0.25) is 5.28 Å². The monoisotopic (exact) mass is 283 g/mol. The Balaban J connectivity index is 1.92. The van der Waals surface area contributed by atoms with E-state index in [2.05, 4.69) is 15.3 Å². The van der Waals surface area contributed by atoms with Crippen molar-refractivity contribution < 1.29 is 15.0 Å². The summed E-state index contributed by atoms with van der Waals surface area (Å²) in [4.78, 5) is 18.8. The molecular formula is C12H14ClN3O3. The lowest BCUT2D eigenvalue weighted by atomic mass is 9.92. The summed E-state index contributed by atoms with van der Waals surface area (Å²) in [5.74, 6) is -0.861. The molecule has 0 unspecified atom stereocenters. The number of hydrogen-bond acceptors (Lipinski definition) is 5. The van der Waals surface area contributed by atoms with E-state index in [0.29, 0.717) is 6.42 Å². The summed E-state index contributed by atoms with van der Waals surface area (Å²) in [7, 11) is 0. The predicted molar refractivity (Wildman–Crippen MR) is 68.4 cm³/mol. The van der Waals surface area contributed by atoms with Crippen LogP contribution < -0.4 is 5.32 Å². The molecule has 0 saturated heterocycles. The van der Waals surface area contributed by atoms with Gasteiger partial charge in [0.05, 0.1) is 5.60 Å². The number of nitrogens with zero attached hydrogens (tertiary/aromatic N) is 2. The number of aliphatic hydroxyl groups is 1. The van der Waals surface area contributed by atoms with E-state index in [0.717, 1.165) is 25.7 Å². The third-order valence-corrected chi connectivity index (χ3v) is 4.36. The standard InChI is InChI=1S/C12H14ClN3O3/c13-10-14-5-7(9(17)18)8(15-10)16-11-1-3-12(19,6-11)4-2-11/h5,19H,1-4,6H2,(H,17,18)(H,14,15,16). The van der Waals surface area contributed by atoms with Gasteiger partial charge in [0.25, 0.3) is 0 Å². The minimum absolute atomic E-state index is 0.00103. The van der Waals surface area contributed by atoms with E-state index >= 15 is 0 Å². The number of halogens is 1. The summed E-state index contributed by atoms with van der Waals surface area (Å²) in [5.41, 5.74) is -0.870. The average molecular weight is 284 g/mol. The number of nitrogens with one attached hydrogen (secondary N) is 1. The Labute approximate surface area is 114 Å². The highest BCUT2D eigenvalue weighted by molar-refractivity contribution is 6.28. The first-order valence-corrected chi connectivity index (χ1v) is 6.56. The molecule has 0 aromatic carbocycles. The van der Waals surface area contributed by atoms with Crippen LogP contribution in [0.1, 0.15) is 42.5 Å². The Hall–Kier alpha value is -1.40. The Morgan fingerprint density at radius 1 is 1.37 bits per heavy atom. The van der Waals surface area contributed by atoms with Gasteiger partial charge in [-0.25, -0.2) is 9.78 Å². The lowest BCUT2D eigenvalue weighted by Crippen LogP contribution is -2.34. The second-order valence-electron chi connectivity index (χ2n) is 5.51. The van der Waals surface area contributed by atoms with Crippen molar-refractivity contribution in [2.75, 3.05) is 5.32 Å². The molecule has 3 N–H and O–H groups in total. The van der Waals surface area contributed by atoms with Crippen LogP contribution in [0.4, 0.5) is 5.82 Å². The normalized spacial score (nSPS) is 32.5. The molecule has 0 amide bonds. The van der Waals surface area contributed by atoms with Gasteiger partial charge in [0.15, 0.2) is 0 Å². The number of hydrogen-bond donors (Lipinski definition) is 3. The van der Waals surface area contributed by atoms with E-state index in [9.17, 15) is 9.90 Å². The lowest BCUT2D eigenvalue weighted by Gasteiger charge is -2.28. The molecule has 7 heteroatoms. The fourth-order valence-electron chi connectivity index (χ4n) is 3.21. The van der Waals surface area contributed by atoms with Crippen molar-refractivity contribution in [3.05, 3.63) is 17.0 Å². The first-order chi connectivity index (χ1) is 8.91. The van der Waals surface area contributed by atoms with Crippen molar-refractivity contribution >= 4 is 23.4 Å². The number of fused-ring (bicyclic) bond motifs is 2. The highest BCUT2D eigenvalue weighted by Crippen LogP contribution is 2.51. The summed E-state index contributed by atoms with van der Waals surface area (Å²) >= 11 is 5.73. The summed E-state index contributed by atoms with van der Waals surface area (Å²) in [6.45, 7) is 0. The lowest BCUT2D eigenvalue weighted by molar-refractivity contribution is 0.0521. The van der Waals surface area contributed by atoms with Crippen LogP contribution in [-0.4, -0.2) is 37.3 Å². The number of carboxylic acids is 1. The van der Waals surface area contributed by atoms with Crippen molar-refractivity contribution in [2.24, 2.45) is 0 Å². The Morgan fingerprint density at radius 2 is 2.05 bits per heavy atom. The third kappa shape index (κ3) is 2.15. The molecular weight excluding hydrogens is 270 g/mol. The van der Waals surface area contributed by atoms with Gasteiger partial charge < -0.3 is 15.5 Å². The van der Waals surface area contributed by atoms with Crippen LogP contribution in [0.2, 0.25) is 5.28 Å². The van der Waals surface area contributed by atoms with Crippen LogP contribution in [0.15, 0.2) is 6.20 Å². The molecule has 0 radical (unpaired) electrons. The fourth-order valence-corrected chi connectivity index (χ4v) is 3.34. The number of carbonyl (C=O) groups is 1. The number of carboxylic acid groups (broad SMARTS) is 1. The minimum atomic E-state index is -1.10. The maximum Gasteiger partial charge on any atom is 0.341 e. The van der Waals surface area contributed by atoms with Gasteiger partial charge in [0, 0.05) is 11.7 Å². The number of anilines is 1. The maximum atomic E-state index is 11.2. The van der Waals surface area contributed by atoms with Crippen molar-refractivity contribution in [3.63, 3.8) is 0 Å². The van der Waals surface area contributed by atoms with E-state index in [4.69, 9.17) is 16.7 Å². The molecule has 0 aliphatic heterocycles. The van der Waals surface area contributed by atoms with E-state index in [-0.39, 0.29) is 22.2 Å². The van der Waals surface area contributed by atoms with E-state index < -0.39 is 11.6 Å². The number of aromatic nitrogens is 2. The molecule has 19 heavy (non-hydrogen) atoms. The van der Waals surface area contributed by atoms with Crippen LogP contribution in [0.5, 0.6) is 0 Å². The summed E-state index contributed by atoms with van der Waals surface area (Å²) in [6.07, 6.45) is 4.92. The molecule has 1 aromatic heterocycles. The predicted octanol–water partition coefficient (Wildman–Crippen LogP) is 1.69. The topological polar surface area (TPSA) is 95.3 Å². The molecule has 2 bridgehead atoms. The molecule has 3 rings (SSSR count). The second kappa shape index (κ2) is 4.05. The highest BCUT2D eigenvalue weighted by Gasteiger charge is 2.53. The van der Waals surface area contributed by atoms with Crippen molar-refractivity contribution in [2.45, 2.75) is 43.2 Å². The zero-order chi connectivity index (χ0) is 13.7. The smallest absolute Gasteiger partial charge is 0.341 e. The maximum absolute atomic E-state index is 11.2. The molecule has 1 aromatic rings. The van der Waals surface area contributed by atoms with Crippen LogP contribution >= 0.6 is 11.6 Å². The Morgan fingerprint density at radius 3 is 2.58 bits per heavy atom. The largest absolute Gasteiger partial charge is 0.477 e. The van der Waals surface area contributed by atoms with Crippen molar-refractivity contribution in [3.8, 4) is 0 Å². The van der Waals surface area contributed by atoms with Gasteiger partial charge in [-0.2, -0.15) is 4.98 Å².